The van der Waals surface area contributed by atoms with Gasteiger partial charge < -0.3 is 119 Å². The lowest BCUT2D eigenvalue weighted by Crippen LogP contribution is -2.69. The normalized spacial score (nSPS) is 39.2. The molecule has 84 heavy (non-hydrogen) atoms. The van der Waals surface area contributed by atoms with E-state index in [0.717, 1.165) is 5.56 Å². The van der Waals surface area contributed by atoms with E-state index in [2.05, 4.69) is 0 Å². The Balaban J connectivity index is 1.09. The summed E-state index contributed by atoms with van der Waals surface area (Å²) in [6, 6.07) is 18.3. The number of hydrogen-bond donors (Lipinski definition) is 1. The monoisotopic (exact) mass is 1200 g/mol. The molecule has 5 heterocycles. The van der Waals surface area contributed by atoms with E-state index in [0.29, 0.717) is 12.2 Å². The van der Waals surface area contributed by atoms with Gasteiger partial charge in [-0.25, -0.2) is 4.79 Å². The molecular weight excluding hydrogens is 1110 g/mol. The maximum Gasteiger partial charge on any atom is 0.338 e. The number of aliphatic hydroxyl groups excluding tert-OH is 1. The van der Waals surface area contributed by atoms with Gasteiger partial charge in [0.25, 0.3) is 0 Å². The third kappa shape index (κ3) is 16.0. The molecule has 0 aliphatic carbocycles. The van der Waals surface area contributed by atoms with Gasteiger partial charge >= 0.3 is 5.97 Å². The average Bonchev–Trinajstić information content (AvgIpc) is 3.53. The third-order valence-electron chi connectivity index (χ3n) is 15.9. The first-order valence-electron chi connectivity index (χ1n) is 28.0. The topological polar surface area (TPSA) is 259 Å². The Kier molecular flexibility index (Phi) is 27.8. The van der Waals surface area contributed by atoms with Gasteiger partial charge in [0, 0.05) is 92.4 Å². The summed E-state index contributed by atoms with van der Waals surface area (Å²) in [5.41, 5.74) is 1.32. The van der Waals surface area contributed by atoms with Crippen LogP contribution in [0.2, 0.25) is 0 Å². The Morgan fingerprint density at radius 2 is 0.714 bits per heavy atom. The van der Waals surface area contributed by atoms with E-state index in [1.807, 2.05) is 37.3 Å². The smallest absolute Gasteiger partial charge is 0.338 e. The molecule has 26 nitrogen and oxygen atoms in total. The molecule has 1 N–H and O–H groups in total. The summed E-state index contributed by atoms with van der Waals surface area (Å²) in [4.78, 5) is 13.0. The number of aliphatic hydroxyl groups is 1. The molecule has 5 saturated heterocycles. The summed E-state index contributed by atoms with van der Waals surface area (Å²) < 4.78 is 151. The van der Waals surface area contributed by atoms with Crippen molar-refractivity contribution < 1.29 is 124 Å². The molecule has 10 unspecified atom stereocenters. The second-order valence-electron chi connectivity index (χ2n) is 20.8. The summed E-state index contributed by atoms with van der Waals surface area (Å²) in [6.07, 6.45) is -23.2. The zero-order valence-electron chi connectivity index (χ0n) is 50.6. The number of carbonyl (C=O) groups is 1. The van der Waals surface area contributed by atoms with Gasteiger partial charge in [-0.2, -0.15) is 0 Å². The zero-order chi connectivity index (χ0) is 60.5. The van der Waals surface area contributed by atoms with Gasteiger partial charge in [-0.05, 0) is 24.6 Å². The molecule has 0 aromatic heterocycles. The minimum atomic E-state index is -1.29. The lowest BCUT2D eigenvalue weighted by atomic mass is 9.94. The lowest BCUT2D eigenvalue weighted by molar-refractivity contribution is -0.397. The van der Waals surface area contributed by atoms with Crippen LogP contribution in [0.4, 0.5) is 0 Å². The Hall–Kier alpha value is -3.05. The molecule has 0 saturated carbocycles. The van der Waals surface area contributed by atoms with E-state index in [-0.39, 0.29) is 39.1 Å². The molecular formula is C58H90O26. The highest BCUT2D eigenvalue weighted by atomic mass is 16.8. The predicted molar refractivity (Wildman–Crippen MR) is 291 cm³/mol. The average molecular weight is 1200 g/mol. The van der Waals surface area contributed by atoms with Gasteiger partial charge in [0.05, 0.1) is 44.7 Å². The molecule has 5 fully saturated rings. The number of benzene rings is 2. The van der Waals surface area contributed by atoms with Crippen molar-refractivity contribution in [1.29, 1.82) is 0 Å². The summed E-state index contributed by atoms with van der Waals surface area (Å²) in [5.74, 6) is -0.610. The molecule has 5 aliphatic rings. The highest BCUT2D eigenvalue weighted by molar-refractivity contribution is 5.89. The second-order valence-corrected chi connectivity index (χ2v) is 20.8. The van der Waals surface area contributed by atoms with Crippen molar-refractivity contribution in [2.75, 3.05) is 125 Å². The lowest BCUT2D eigenvalue weighted by Gasteiger charge is -2.52. The van der Waals surface area contributed by atoms with Crippen LogP contribution >= 0.6 is 0 Å². The molecule has 26 heteroatoms. The summed E-state index contributed by atoms with van der Waals surface area (Å²) in [5, 5.41) is 11.4. The van der Waals surface area contributed by atoms with Crippen molar-refractivity contribution in [1.82, 2.24) is 0 Å². The van der Waals surface area contributed by atoms with Crippen LogP contribution in [0.25, 0.3) is 0 Å². The van der Waals surface area contributed by atoms with Gasteiger partial charge in [0.1, 0.15) is 129 Å². The van der Waals surface area contributed by atoms with Crippen molar-refractivity contribution in [2.45, 2.75) is 167 Å². The number of ether oxygens (including phenoxy) is 24. The fourth-order valence-electron chi connectivity index (χ4n) is 11.8. The summed E-state index contributed by atoms with van der Waals surface area (Å²) >= 11 is 0. The minimum Gasteiger partial charge on any atom is -0.459 e. The maximum absolute atomic E-state index is 13.0. The second kappa shape index (κ2) is 34.1. The van der Waals surface area contributed by atoms with Crippen LogP contribution in [-0.2, 0) is 120 Å². The van der Waals surface area contributed by atoms with E-state index in [1.165, 1.54) is 71.1 Å². The molecule has 2 aromatic carbocycles. The third-order valence-corrected chi connectivity index (χ3v) is 15.9. The highest BCUT2D eigenvalue weighted by Gasteiger charge is 2.59. The molecule has 0 radical (unpaired) electrons. The first kappa shape index (κ1) is 68.4. The number of esters is 1. The van der Waals surface area contributed by atoms with Gasteiger partial charge in [-0.3, -0.25) is 0 Å². The first-order valence-corrected chi connectivity index (χ1v) is 28.0. The minimum absolute atomic E-state index is 0.0203. The van der Waals surface area contributed by atoms with Crippen LogP contribution in [0.1, 0.15) is 22.8 Å². The zero-order valence-corrected chi connectivity index (χ0v) is 50.6. The van der Waals surface area contributed by atoms with Crippen molar-refractivity contribution in [3.63, 3.8) is 0 Å². The molecule has 2 aromatic rings. The van der Waals surface area contributed by atoms with E-state index >= 15 is 0 Å². The molecule has 7 rings (SSSR count). The predicted octanol–water partition coefficient (Wildman–Crippen LogP) is 1.74. The Bertz CT molecular complexity index is 2160. The van der Waals surface area contributed by atoms with Gasteiger partial charge in [0.2, 0.25) is 0 Å². The van der Waals surface area contributed by atoms with Crippen LogP contribution in [0.15, 0.2) is 60.7 Å². The van der Waals surface area contributed by atoms with E-state index in [1.54, 1.807) is 51.7 Å². The molecule has 0 bridgehead atoms. The first-order chi connectivity index (χ1) is 40.8. The van der Waals surface area contributed by atoms with Crippen molar-refractivity contribution in [3.8, 4) is 0 Å². The highest BCUT2D eigenvalue weighted by Crippen LogP contribution is 2.40. The van der Waals surface area contributed by atoms with Crippen LogP contribution in [0.5, 0.6) is 0 Å². The number of hydrogen-bond acceptors (Lipinski definition) is 26. The van der Waals surface area contributed by atoms with Gasteiger partial charge in [0.15, 0.2) is 25.2 Å². The van der Waals surface area contributed by atoms with Crippen molar-refractivity contribution >= 4 is 5.97 Å². The van der Waals surface area contributed by atoms with Crippen LogP contribution < -0.4 is 0 Å². The summed E-state index contributed by atoms with van der Waals surface area (Å²) in [7, 11) is 19.6. The van der Waals surface area contributed by atoms with E-state index in [9.17, 15) is 9.90 Å². The quantitative estimate of drug-likeness (QED) is 0.105. The number of rotatable bonds is 31. The maximum atomic E-state index is 13.0. The Labute approximate surface area is 492 Å². The molecule has 25 atom stereocenters. The largest absolute Gasteiger partial charge is 0.459 e. The molecule has 0 amide bonds. The van der Waals surface area contributed by atoms with Crippen LogP contribution in [0, 0.1) is 0 Å². The van der Waals surface area contributed by atoms with Crippen LogP contribution in [-0.4, -0.2) is 290 Å². The SMILES string of the molecule is COCC1O[C@@H](O[C@H]2C(OC)C(OC)[C@@H](O[C@H]3C(OC)C(OC)[C@@H](O[C@H]4C(COCc5ccccc5)O[C@@H](C)C(OC)[C@H]4OC)O[C@@H]3COC)O[C@@H]2COC)C(OC)[C@@H](OC)[C@H]1O[C@@H]1OC(COC(=O)c2ccccc2)[C@H](O)[C@H](OC)C1OC. The molecule has 5 aliphatic heterocycles. The Morgan fingerprint density at radius 3 is 1.08 bits per heavy atom. The van der Waals surface area contributed by atoms with Gasteiger partial charge in [-0.1, -0.05) is 48.5 Å². The fraction of sp³-hybridized carbons (Fsp3) is 0.776. The molecule has 0 spiro atoms. The standard InChI is InChI=1S/C58H90O26/c1-31-40(64-5)46(66-7)44(38(76-31)29-74-25-32-21-17-15-18-22-32)84-58-53(73-14)49(69-10)43(37(80-58)28-63-4)83-57-52(72-13)48(68-9)42(36(79-57)27-62-3)82-56-51(71-12)47(67-8)41(35(78-56)26-61-2)81-55-50(70-11)45(65-6)39(59)34(77-55)30-75-54(60)33-23-19-16-20-24-33/h15-24,31,34-53,55-59H,25-30H2,1-14H3/t31-,34?,35?,36+,37+,38?,39-,40?,41-,42+,43+,44-,45-,46+,47-,48?,49?,50?,51?,52?,53?,55-,56-,57+,58+/m0/s1. The van der Waals surface area contributed by atoms with Crippen molar-refractivity contribution in [3.05, 3.63) is 71.8 Å². The van der Waals surface area contributed by atoms with Crippen molar-refractivity contribution in [2.24, 2.45) is 0 Å². The summed E-state index contributed by atoms with van der Waals surface area (Å²) in [6.45, 7) is 2.05. The molecule has 478 valence electrons. The number of carbonyl (C=O) groups excluding carboxylic acids is 1. The van der Waals surface area contributed by atoms with E-state index < -0.39 is 153 Å². The Morgan fingerprint density at radius 1 is 0.381 bits per heavy atom. The number of methoxy groups -OCH3 is 13. The van der Waals surface area contributed by atoms with E-state index in [4.69, 9.17) is 114 Å². The van der Waals surface area contributed by atoms with Crippen LogP contribution in [0.3, 0.4) is 0 Å². The fourth-order valence-corrected chi connectivity index (χ4v) is 11.8. The van der Waals surface area contributed by atoms with Gasteiger partial charge in [-0.15, -0.1) is 0 Å².